The van der Waals surface area contributed by atoms with Gasteiger partial charge in [-0.15, -0.1) is 0 Å². The number of hydrogen-bond acceptors (Lipinski definition) is 1. The predicted molar refractivity (Wildman–Crippen MR) is 95.4 cm³/mol. The molecule has 92 valence electrons. The van der Waals surface area contributed by atoms with Gasteiger partial charge >= 0.3 is 0 Å². The van der Waals surface area contributed by atoms with Gasteiger partial charge in [-0.1, -0.05) is 95.6 Å². The molecule has 0 unspecified atom stereocenters. The van der Waals surface area contributed by atoms with Gasteiger partial charge in [0.15, 0.2) is 0 Å². The summed E-state index contributed by atoms with van der Waals surface area (Å²) < 4.78 is 6.52. The molecule has 0 bridgehead atoms. The fourth-order valence-corrected chi connectivity index (χ4v) is 29.1. The largest absolute Gasteiger partial charge is 0.452 e. The molecule has 9 heteroatoms. The quantitative estimate of drug-likeness (QED) is 0.282. The van der Waals surface area contributed by atoms with Crippen molar-refractivity contribution in [2.24, 2.45) is 0 Å². The highest BCUT2D eigenvalue weighted by atomic mass is 79.9. The lowest BCUT2D eigenvalue weighted by Gasteiger charge is -2.37. The van der Waals surface area contributed by atoms with Gasteiger partial charge in [0.2, 0.25) is 16.6 Å². The summed E-state index contributed by atoms with van der Waals surface area (Å²) >= 11 is 21.5. The smallest absolute Gasteiger partial charge is 0.211 e. The van der Waals surface area contributed by atoms with E-state index >= 15 is 0 Å². The average molecular weight is 636 g/mol. The molecule has 0 radical (unpaired) electrons. The van der Waals surface area contributed by atoms with E-state index in [1.165, 1.54) is 0 Å². The Morgan fingerprint density at radius 3 is 0.867 bits per heavy atom. The van der Waals surface area contributed by atoms with Crippen LogP contribution in [0.2, 0.25) is 0 Å². The van der Waals surface area contributed by atoms with Crippen LogP contribution in [0.15, 0.2) is 0 Å². The van der Waals surface area contributed by atoms with Crippen LogP contribution in [0.4, 0.5) is 0 Å². The summed E-state index contributed by atoms with van der Waals surface area (Å²) in [7, 11) is -3.39. The predicted octanol–water partition coefficient (Wildman–Crippen LogP) is 4.50. The molecule has 0 amide bonds. The molecule has 0 fully saturated rings. The fourth-order valence-electron chi connectivity index (χ4n) is 0.837. The average Bonchev–Trinajstić information content (AvgIpc) is 2.33. The van der Waals surface area contributed by atoms with Gasteiger partial charge in [-0.2, -0.15) is 0 Å². The first-order valence-electron chi connectivity index (χ1n) is 4.13. The van der Waals surface area contributed by atoms with Crippen LogP contribution in [0.3, 0.4) is 0 Å². The van der Waals surface area contributed by atoms with Gasteiger partial charge in [-0.3, -0.25) is 0 Å². The molecule has 0 saturated heterocycles. The second kappa shape index (κ2) is 9.22. The second-order valence-electron chi connectivity index (χ2n) is 3.27. The molecule has 0 atom stereocenters. The zero-order valence-corrected chi connectivity index (χ0v) is 19.4. The standard InChI is InChI=1S/C6H12Br6OSi2/c7-1-14(2-8,3-9)13-15(4-10,5-11)6-12/h1-6H2. The lowest BCUT2D eigenvalue weighted by atomic mass is 11.8. The normalized spacial score (nSPS) is 13.2. The molecule has 1 nitrogen and oxygen atoms in total. The molecule has 0 aliphatic rings. The van der Waals surface area contributed by atoms with Crippen LogP contribution in [-0.4, -0.2) is 46.4 Å². The van der Waals surface area contributed by atoms with Crippen molar-refractivity contribution in [3.05, 3.63) is 0 Å². The van der Waals surface area contributed by atoms with Gasteiger partial charge in [-0.25, -0.2) is 0 Å². The molecule has 0 rings (SSSR count). The lowest BCUT2D eigenvalue weighted by Crippen LogP contribution is -2.60. The minimum atomic E-state index is -1.69. The van der Waals surface area contributed by atoms with Crippen molar-refractivity contribution in [1.29, 1.82) is 0 Å². The van der Waals surface area contributed by atoms with Crippen LogP contribution in [0, 0.1) is 0 Å². The summed E-state index contributed by atoms with van der Waals surface area (Å²) in [4.78, 5) is 5.74. The molecule has 0 heterocycles. The molecule has 0 aromatic carbocycles. The summed E-state index contributed by atoms with van der Waals surface area (Å²) in [5, 5.41) is 0. The maximum Gasteiger partial charge on any atom is 0.211 e. The fraction of sp³-hybridized carbons (Fsp3) is 1.00. The van der Waals surface area contributed by atoms with Crippen molar-refractivity contribution in [3.63, 3.8) is 0 Å². The molecule has 0 N–H and O–H groups in total. The minimum absolute atomic E-state index is 0.957. The first-order valence-corrected chi connectivity index (χ1v) is 15.9. The van der Waals surface area contributed by atoms with Gasteiger partial charge in [0.25, 0.3) is 0 Å². The van der Waals surface area contributed by atoms with Gasteiger partial charge in [0, 0.05) is 29.7 Å². The first kappa shape index (κ1) is 18.3. The summed E-state index contributed by atoms with van der Waals surface area (Å²) in [6.07, 6.45) is 0. The molecular weight excluding hydrogens is 624 g/mol. The van der Waals surface area contributed by atoms with Crippen molar-refractivity contribution in [3.8, 4) is 0 Å². The Balaban J connectivity index is 4.74. The van der Waals surface area contributed by atoms with Crippen LogP contribution in [0.1, 0.15) is 0 Å². The number of hydrogen-bond donors (Lipinski definition) is 0. The summed E-state index contributed by atoms with van der Waals surface area (Å²) in [6, 6.07) is 0. The van der Waals surface area contributed by atoms with Crippen LogP contribution in [0.25, 0.3) is 0 Å². The molecular formula is C6H12Br6OSi2. The van der Waals surface area contributed by atoms with E-state index in [1.807, 2.05) is 0 Å². The molecule has 0 aliphatic carbocycles. The maximum atomic E-state index is 6.52. The number of rotatable bonds is 8. The zero-order chi connectivity index (χ0) is 11.9. The van der Waals surface area contributed by atoms with Gasteiger partial charge in [-0.05, 0) is 0 Å². The molecule has 0 spiro atoms. The minimum Gasteiger partial charge on any atom is -0.452 e. The van der Waals surface area contributed by atoms with Crippen molar-refractivity contribution in [2.75, 3.05) is 29.7 Å². The van der Waals surface area contributed by atoms with Gasteiger partial charge in [0.1, 0.15) is 0 Å². The van der Waals surface area contributed by atoms with E-state index in [0.29, 0.717) is 0 Å². The van der Waals surface area contributed by atoms with Crippen LogP contribution >= 0.6 is 95.6 Å². The molecule has 0 aliphatic heterocycles. The Kier molecular flexibility index (Phi) is 11.2. The summed E-state index contributed by atoms with van der Waals surface area (Å²) in [5.41, 5.74) is 0. The van der Waals surface area contributed by atoms with E-state index in [2.05, 4.69) is 95.6 Å². The van der Waals surface area contributed by atoms with Crippen molar-refractivity contribution in [2.45, 2.75) is 0 Å². The molecule has 0 aromatic rings. The Morgan fingerprint density at radius 1 is 0.533 bits per heavy atom. The maximum absolute atomic E-state index is 6.52. The summed E-state index contributed by atoms with van der Waals surface area (Å²) in [6.45, 7) is 0. The monoisotopic (exact) mass is 630 g/mol. The highest BCUT2D eigenvalue weighted by Gasteiger charge is 2.42. The topological polar surface area (TPSA) is 9.23 Å². The van der Waals surface area contributed by atoms with E-state index in [-0.39, 0.29) is 0 Å². The van der Waals surface area contributed by atoms with Crippen molar-refractivity contribution in [1.82, 2.24) is 0 Å². The van der Waals surface area contributed by atoms with E-state index in [9.17, 15) is 0 Å². The number of alkyl halides is 6. The highest BCUT2D eigenvalue weighted by molar-refractivity contribution is 9.12. The third-order valence-corrected chi connectivity index (χ3v) is 26.7. The molecule has 0 saturated carbocycles. The third-order valence-electron chi connectivity index (χ3n) is 1.89. The van der Waals surface area contributed by atoms with E-state index in [4.69, 9.17) is 4.12 Å². The third kappa shape index (κ3) is 5.42. The molecule has 0 aromatic heterocycles. The first-order chi connectivity index (χ1) is 7.07. The van der Waals surface area contributed by atoms with Crippen molar-refractivity contribution < 1.29 is 4.12 Å². The lowest BCUT2D eigenvalue weighted by molar-refractivity contribution is 0.554. The van der Waals surface area contributed by atoms with Gasteiger partial charge in [0.05, 0.1) is 0 Å². The number of halogens is 6. The van der Waals surface area contributed by atoms with Gasteiger partial charge < -0.3 is 4.12 Å². The molecule has 15 heavy (non-hydrogen) atoms. The van der Waals surface area contributed by atoms with E-state index in [0.717, 1.165) is 29.7 Å². The SMILES string of the molecule is BrC[Si](CBr)(CBr)O[Si](CBr)(CBr)CBr. The Hall–Kier alpha value is 3.27. The zero-order valence-electron chi connectivity index (χ0n) is 7.92. The van der Waals surface area contributed by atoms with E-state index < -0.39 is 16.6 Å². The second-order valence-corrected chi connectivity index (χ2v) is 20.5. The summed E-state index contributed by atoms with van der Waals surface area (Å²) in [5.74, 6) is 0. The Morgan fingerprint density at radius 2 is 0.733 bits per heavy atom. The Labute approximate surface area is 144 Å². The van der Waals surface area contributed by atoms with Crippen LogP contribution in [0.5, 0.6) is 0 Å². The van der Waals surface area contributed by atoms with Crippen molar-refractivity contribution >= 4 is 112 Å². The Bertz CT molecular complexity index is 140. The highest BCUT2D eigenvalue weighted by Crippen LogP contribution is 2.24. The van der Waals surface area contributed by atoms with E-state index in [1.54, 1.807) is 0 Å². The van der Waals surface area contributed by atoms with Crippen LogP contribution < -0.4 is 0 Å². The van der Waals surface area contributed by atoms with Crippen LogP contribution in [-0.2, 0) is 4.12 Å².